The minimum Gasteiger partial charge on any atom is -0.481 e. The van der Waals surface area contributed by atoms with Crippen LogP contribution in [0.5, 0.6) is 5.88 Å². The molecule has 2 aromatic rings. The van der Waals surface area contributed by atoms with Crippen molar-refractivity contribution in [3.8, 4) is 17.1 Å². The third kappa shape index (κ3) is 5.18. The lowest BCUT2D eigenvalue weighted by atomic mass is 9.87. The van der Waals surface area contributed by atoms with Crippen LogP contribution < -0.4 is 26.6 Å². The second-order valence-electron chi connectivity index (χ2n) is 9.28. The van der Waals surface area contributed by atoms with E-state index in [1.54, 1.807) is 24.3 Å². The van der Waals surface area contributed by atoms with Gasteiger partial charge in [-0.3, -0.25) is 14.6 Å². The van der Waals surface area contributed by atoms with E-state index in [0.29, 0.717) is 48.3 Å². The number of allylic oxidation sites excluding steroid dienone is 1. The number of methoxy groups -OCH3 is 2. The molecule has 12 heteroatoms. The van der Waals surface area contributed by atoms with Gasteiger partial charge in [-0.15, -0.1) is 0 Å². The highest BCUT2D eigenvalue weighted by Crippen LogP contribution is 2.39. The number of hydrogen-bond donors (Lipinski definition) is 4. The number of hydroxylamine groups is 1. The van der Waals surface area contributed by atoms with Crippen molar-refractivity contribution in [2.75, 3.05) is 20.8 Å². The van der Waals surface area contributed by atoms with Crippen LogP contribution in [0.4, 0.5) is 4.39 Å². The summed E-state index contributed by atoms with van der Waals surface area (Å²) in [5, 5.41) is 6.16. The predicted octanol–water partition coefficient (Wildman–Crippen LogP) is 1.72. The summed E-state index contributed by atoms with van der Waals surface area (Å²) in [7, 11) is 2.89. The highest BCUT2D eigenvalue weighted by atomic mass is 19.1. The quantitative estimate of drug-likeness (QED) is 0.329. The van der Waals surface area contributed by atoms with E-state index in [0.717, 1.165) is 16.8 Å². The number of halogens is 1. The molecule has 0 spiro atoms. The fourth-order valence-corrected chi connectivity index (χ4v) is 5.02. The highest BCUT2D eigenvalue weighted by Gasteiger charge is 2.36. The Labute approximate surface area is 219 Å². The van der Waals surface area contributed by atoms with E-state index in [4.69, 9.17) is 25.0 Å². The molecule has 3 aliphatic rings. The van der Waals surface area contributed by atoms with Crippen LogP contribution in [0.2, 0.25) is 0 Å². The van der Waals surface area contributed by atoms with Crippen LogP contribution in [0.1, 0.15) is 31.4 Å². The fourth-order valence-electron chi connectivity index (χ4n) is 5.02. The number of nitrogens with one attached hydrogen (secondary N) is 3. The van der Waals surface area contributed by atoms with Crippen molar-refractivity contribution in [3.05, 3.63) is 59.0 Å². The molecule has 0 radical (unpaired) electrons. The maximum Gasteiger partial charge on any atom is 0.322 e. The van der Waals surface area contributed by atoms with Crippen molar-refractivity contribution in [2.24, 2.45) is 15.7 Å². The lowest BCUT2D eigenvalue weighted by molar-refractivity contribution is -0.142. The molecule has 1 unspecified atom stereocenters. The number of carbonyl (C=O) groups is 1. The molecule has 0 bridgehead atoms. The van der Waals surface area contributed by atoms with Crippen LogP contribution in [-0.2, 0) is 14.4 Å². The summed E-state index contributed by atoms with van der Waals surface area (Å²) in [5.74, 6) is 0.507. The molecule has 5 rings (SSSR count). The van der Waals surface area contributed by atoms with Gasteiger partial charge in [-0.2, -0.15) is 0 Å². The summed E-state index contributed by atoms with van der Waals surface area (Å²) in [6.45, 7) is 2.37. The molecule has 4 heterocycles. The second-order valence-corrected chi connectivity index (χ2v) is 9.28. The zero-order valence-electron chi connectivity index (χ0n) is 21.3. The summed E-state index contributed by atoms with van der Waals surface area (Å²) >= 11 is 0. The lowest BCUT2D eigenvalue weighted by Crippen LogP contribution is -2.45. The Kier molecular flexibility index (Phi) is 7.25. The molecule has 1 fully saturated rings. The van der Waals surface area contributed by atoms with Crippen LogP contribution in [0.15, 0.2) is 57.7 Å². The van der Waals surface area contributed by atoms with E-state index in [1.165, 1.54) is 26.4 Å². The number of amidine groups is 1. The number of guanidine groups is 1. The average molecular weight is 524 g/mol. The number of hydrogen-bond acceptors (Lipinski definition) is 11. The molecule has 1 aromatic heterocycles. The van der Waals surface area contributed by atoms with Gasteiger partial charge < -0.3 is 25.8 Å². The lowest BCUT2D eigenvalue weighted by Gasteiger charge is -2.33. The standard InChI is InChI=1S/C26H30FN7O4/c1-13-23-20(33-26(28)30-13)11-19(32-24(23)34-38-15-10-21(29-12-15)25(35)37-3)16-8-7-14(27)9-17(16)18-5-4-6-22(31-18)36-2/h4-9,15,19-21,29H,10-12H2,1-3H3,(H,32,34)(H3,28,30,33)/t15-,19-,20?,21+/m1/s1. The number of fused-ring (bicyclic) bond motifs is 1. The van der Waals surface area contributed by atoms with Gasteiger partial charge in [0.05, 0.1) is 38.1 Å². The Morgan fingerprint density at radius 2 is 2.00 bits per heavy atom. The van der Waals surface area contributed by atoms with Gasteiger partial charge in [0, 0.05) is 42.3 Å². The van der Waals surface area contributed by atoms with Crippen molar-refractivity contribution >= 4 is 17.8 Å². The van der Waals surface area contributed by atoms with Gasteiger partial charge in [0.25, 0.3) is 0 Å². The molecule has 1 aromatic carbocycles. The Bertz CT molecular complexity index is 1330. The topological polar surface area (TPSA) is 144 Å². The van der Waals surface area contributed by atoms with Crippen LogP contribution >= 0.6 is 0 Å². The summed E-state index contributed by atoms with van der Waals surface area (Å²) in [6.07, 6.45) is 0.678. The monoisotopic (exact) mass is 523 g/mol. The number of benzene rings is 1. The third-order valence-electron chi connectivity index (χ3n) is 6.82. The van der Waals surface area contributed by atoms with E-state index in [1.807, 2.05) is 6.92 Å². The Morgan fingerprint density at radius 1 is 1.16 bits per heavy atom. The average Bonchev–Trinajstić information content (AvgIpc) is 3.40. The molecule has 3 aliphatic heterocycles. The number of carbonyl (C=O) groups excluding carboxylic acids is 1. The van der Waals surface area contributed by atoms with Crippen LogP contribution in [-0.4, -0.2) is 61.7 Å². The smallest absolute Gasteiger partial charge is 0.322 e. The zero-order valence-corrected chi connectivity index (χ0v) is 21.3. The number of aromatic nitrogens is 1. The molecule has 4 atom stereocenters. The maximum atomic E-state index is 14.4. The van der Waals surface area contributed by atoms with Gasteiger partial charge in [-0.1, -0.05) is 12.1 Å². The first-order valence-electron chi connectivity index (χ1n) is 12.3. The minimum atomic E-state index is -0.431. The van der Waals surface area contributed by atoms with Crippen LogP contribution in [0.25, 0.3) is 11.3 Å². The summed E-state index contributed by atoms with van der Waals surface area (Å²) in [6, 6.07) is 8.79. The van der Waals surface area contributed by atoms with Crippen molar-refractivity contribution in [1.82, 2.24) is 21.1 Å². The van der Waals surface area contributed by atoms with E-state index in [2.05, 4.69) is 26.1 Å². The van der Waals surface area contributed by atoms with E-state index >= 15 is 0 Å². The molecular weight excluding hydrogens is 493 g/mol. The fraction of sp³-hybridized carbons (Fsp3) is 0.385. The predicted molar refractivity (Wildman–Crippen MR) is 139 cm³/mol. The van der Waals surface area contributed by atoms with Gasteiger partial charge in [0.2, 0.25) is 5.88 Å². The second kappa shape index (κ2) is 10.8. The number of pyridine rings is 1. The van der Waals surface area contributed by atoms with E-state index in [9.17, 15) is 9.18 Å². The molecule has 1 saturated heterocycles. The third-order valence-corrected chi connectivity index (χ3v) is 6.82. The highest BCUT2D eigenvalue weighted by molar-refractivity contribution is 6.02. The largest absolute Gasteiger partial charge is 0.481 e. The van der Waals surface area contributed by atoms with Crippen molar-refractivity contribution in [2.45, 2.75) is 44.0 Å². The first-order chi connectivity index (χ1) is 18.4. The first-order valence-corrected chi connectivity index (χ1v) is 12.3. The molecule has 0 amide bonds. The number of ether oxygens (including phenoxy) is 2. The molecule has 0 saturated carbocycles. The molecular formula is C26H30FN7O4. The number of aliphatic imine (C=N–C) groups is 2. The summed E-state index contributed by atoms with van der Waals surface area (Å²) < 4.78 is 24.5. The van der Waals surface area contributed by atoms with Crippen molar-refractivity contribution in [3.63, 3.8) is 0 Å². The van der Waals surface area contributed by atoms with Gasteiger partial charge in [0.15, 0.2) is 11.8 Å². The number of rotatable bonds is 6. The molecule has 38 heavy (non-hydrogen) atoms. The molecule has 200 valence electrons. The molecule has 0 aliphatic carbocycles. The molecule has 11 nitrogen and oxygen atoms in total. The minimum absolute atomic E-state index is 0.283. The SMILES string of the molecule is COC(=O)[C@@H]1C[C@@H](ONC2=N[C@@H](c3ccc(F)cc3-c3cccc(OC)n3)CC3N=C(N)NC(C)=C23)CN1. The molecule has 5 N–H and O–H groups in total. The Morgan fingerprint density at radius 3 is 2.79 bits per heavy atom. The number of esters is 1. The Balaban J connectivity index is 1.48. The first kappa shape index (κ1) is 25.6. The van der Waals surface area contributed by atoms with Crippen molar-refractivity contribution < 1.29 is 23.5 Å². The normalized spacial score (nSPS) is 24.6. The van der Waals surface area contributed by atoms with Gasteiger partial charge in [-0.25, -0.2) is 19.8 Å². The van der Waals surface area contributed by atoms with E-state index in [-0.39, 0.29) is 23.9 Å². The van der Waals surface area contributed by atoms with Gasteiger partial charge in [-0.05, 0) is 30.7 Å². The summed E-state index contributed by atoms with van der Waals surface area (Å²) in [5.41, 5.74) is 12.7. The van der Waals surface area contributed by atoms with Crippen LogP contribution in [0.3, 0.4) is 0 Å². The van der Waals surface area contributed by atoms with Crippen LogP contribution in [0, 0.1) is 5.82 Å². The Hall–Kier alpha value is -4.03. The van der Waals surface area contributed by atoms with E-state index < -0.39 is 12.1 Å². The van der Waals surface area contributed by atoms with Gasteiger partial charge >= 0.3 is 5.97 Å². The maximum absolute atomic E-state index is 14.4. The van der Waals surface area contributed by atoms with Gasteiger partial charge in [0.1, 0.15) is 11.9 Å². The number of nitrogens with two attached hydrogens (primary N) is 1. The summed E-state index contributed by atoms with van der Waals surface area (Å²) in [4.78, 5) is 31.9. The zero-order chi connectivity index (χ0) is 26.8. The van der Waals surface area contributed by atoms with Crippen molar-refractivity contribution in [1.29, 1.82) is 0 Å². The number of nitrogens with zero attached hydrogens (tertiary/aromatic N) is 3.